The van der Waals surface area contributed by atoms with Gasteiger partial charge in [0.15, 0.2) is 0 Å². The van der Waals surface area contributed by atoms with E-state index in [0.717, 1.165) is 16.7 Å². The Morgan fingerprint density at radius 3 is 2.65 bits per heavy atom. The lowest BCUT2D eigenvalue weighted by Crippen LogP contribution is -2.37. The summed E-state index contributed by atoms with van der Waals surface area (Å²) in [5.74, 6) is 0.113. The molecule has 1 heterocycles. The minimum absolute atomic E-state index is 0.102. The standard InChI is InChI=1S/C14H16N2O/c1-8(2)9(3)11-6-4-5-10-7-12(17)16-14(15)13(10)11/h4-6H,7H2,1-3H3,(H2,15,16,17). The van der Waals surface area contributed by atoms with Gasteiger partial charge in [0.1, 0.15) is 5.84 Å². The molecule has 2 rings (SSSR count). The fraction of sp³-hybridized carbons (Fsp3) is 0.286. The van der Waals surface area contributed by atoms with Crippen LogP contribution in [0.15, 0.2) is 23.8 Å². The lowest BCUT2D eigenvalue weighted by molar-refractivity contribution is -0.119. The molecule has 1 aliphatic heterocycles. The molecule has 0 radical (unpaired) electrons. The van der Waals surface area contributed by atoms with Crippen molar-refractivity contribution in [1.29, 1.82) is 5.41 Å². The molecular weight excluding hydrogens is 212 g/mol. The van der Waals surface area contributed by atoms with Crippen molar-refractivity contribution in [2.24, 2.45) is 0 Å². The fourth-order valence-electron chi connectivity index (χ4n) is 2.04. The Bertz CT molecular complexity index is 537. The van der Waals surface area contributed by atoms with Crippen LogP contribution in [-0.4, -0.2) is 11.7 Å². The first-order valence-electron chi connectivity index (χ1n) is 5.66. The molecule has 0 aliphatic carbocycles. The zero-order chi connectivity index (χ0) is 12.6. The normalized spacial score (nSPS) is 14.1. The monoisotopic (exact) mass is 228 g/mol. The topological polar surface area (TPSA) is 53.0 Å². The maximum atomic E-state index is 11.4. The number of carbonyl (C=O) groups excluding carboxylic acids is 1. The van der Waals surface area contributed by atoms with Gasteiger partial charge >= 0.3 is 0 Å². The van der Waals surface area contributed by atoms with Gasteiger partial charge in [0.2, 0.25) is 5.91 Å². The van der Waals surface area contributed by atoms with Gasteiger partial charge < -0.3 is 5.32 Å². The predicted octanol–water partition coefficient (Wildman–Crippen LogP) is 2.50. The third-order valence-corrected chi connectivity index (χ3v) is 3.17. The number of amides is 1. The molecule has 3 nitrogen and oxygen atoms in total. The van der Waals surface area contributed by atoms with E-state index in [4.69, 9.17) is 5.41 Å². The van der Waals surface area contributed by atoms with Gasteiger partial charge in [-0.3, -0.25) is 10.2 Å². The van der Waals surface area contributed by atoms with Crippen LogP contribution in [0.2, 0.25) is 0 Å². The molecule has 3 heteroatoms. The molecule has 1 aliphatic rings. The molecule has 0 unspecified atom stereocenters. The molecule has 1 amide bonds. The molecule has 1 aromatic rings. The number of fused-ring (bicyclic) bond motifs is 1. The summed E-state index contributed by atoms with van der Waals surface area (Å²) < 4.78 is 0. The summed E-state index contributed by atoms with van der Waals surface area (Å²) in [4.78, 5) is 11.4. The summed E-state index contributed by atoms with van der Waals surface area (Å²) in [5.41, 5.74) is 5.25. The van der Waals surface area contributed by atoms with E-state index in [1.807, 2.05) is 18.2 Å². The molecule has 0 fully saturated rings. The SMILES string of the molecule is CC(C)=C(C)c1cccc2c1C(=N)NC(=O)C2. The lowest BCUT2D eigenvalue weighted by Gasteiger charge is -2.21. The quantitative estimate of drug-likeness (QED) is 0.762. The van der Waals surface area contributed by atoms with Crippen LogP contribution in [-0.2, 0) is 11.2 Å². The average molecular weight is 228 g/mol. The molecule has 17 heavy (non-hydrogen) atoms. The van der Waals surface area contributed by atoms with Crippen molar-refractivity contribution >= 4 is 17.3 Å². The van der Waals surface area contributed by atoms with Crippen LogP contribution in [0.25, 0.3) is 5.57 Å². The van der Waals surface area contributed by atoms with Crippen LogP contribution < -0.4 is 5.32 Å². The molecule has 0 aromatic heterocycles. The van der Waals surface area contributed by atoms with Crippen LogP contribution in [0.4, 0.5) is 0 Å². The number of hydrogen-bond donors (Lipinski definition) is 2. The van der Waals surface area contributed by atoms with Gasteiger partial charge in [-0.1, -0.05) is 23.8 Å². The smallest absolute Gasteiger partial charge is 0.229 e. The van der Waals surface area contributed by atoms with Gasteiger partial charge in [0.05, 0.1) is 6.42 Å². The molecule has 0 bridgehead atoms. The van der Waals surface area contributed by atoms with E-state index in [-0.39, 0.29) is 11.7 Å². The summed E-state index contributed by atoms with van der Waals surface area (Å²) in [6.45, 7) is 6.16. The van der Waals surface area contributed by atoms with Crippen LogP contribution in [0.1, 0.15) is 37.5 Å². The number of amidine groups is 1. The number of benzene rings is 1. The second kappa shape index (κ2) is 4.17. The maximum absolute atomic E-state index is 11.4. The molecule has 0 atom stereocenters. The molecule has 1 aromatic carbocycles. The van der Waals surface area contributed by atoms with E-state index in [0.29, 0.717) is 6.42 Å². The van der Waals surface area contributed by atoms with Gasteiger partial charge in [0.25, 0.3) is 0 Å². The Balaban J connectivity index is 2.66. The van der Waals surface area contributed by atoms with Crippen molar-refractivity contribution in [3.05, 3.63) is 40.5 Å². The third kappa shape index (κ3) is 2.00. The van der Waals surface area contributed by atoms with Gasteiger partial charge in [0, 0.05) is 5.56 Å². The highest BCUT2D eigenvalue weighted by Gasteiger charge is 2.22. The second-order valence-corrected chi connectivity index (χ2v) is 4.56. The van der Waals surface area contributed by atoms with Gasteiger partial charge in [-0.25, -0.2) is 0 Å². The molecule has 88 valence electrons. The number of hydrogen-bond acceptors (Lipinski definition) is 2. The zero-order valence-electron chi connectivity index (χ0n) is 10.3. The fourth-order valence-corrected chi connectivity index (χ4v) is 2.04. The predicted molar refractivity (Wildman–Crippen MR) is 69.1 cm³/mol. The third-order valence-electron chi connectivity index (χ3n) is 3.17. The zero-order valence-corrected chi connectivity index (χ0v) is 10.3. The molecule has 0 saturated heterocycles. The largest absolute Gasteiger partial charge is 0.310 e. The van der Waals surface area contributed by atoms with E-state index < -0.39 is 0 Å². The van der Waals surface area contributed by atoms with E-state index in [2.05, 4.69) is 26.1 Å². The highest BCUT2D eigenvalue weighted by molar-refractivity contribution is 6.13. The van der Waals surface area contributed by atoms with Gasteiger partial charge in [-0.05, 0) is 37.5 Å². The summed E-state index contributed by atoms with van der Waals surface area (Å²) in [6.07, 6.45) is 0.363. The maximum Gasteiger partial charge on any atom is 0.229 e. The van der Waals surface area contributed by atoms with Crippen molar-refractivity contribution in [3.63, 3.8) is 0 Å². The summed E-state index contributed by atoms with van der Waals surface area (Å²) in [5, 5.41) is 10.5. The number of carbonyl (C=O) groups is 1. The summed E-state index contributed by atoms with van der Waals surface area (Å²) in [6, 6.07) is 5.88. The Kier molecular flexibility index (Phi) is 2.84. The van der Waals surface area contributed by atoms with E-state index in [9.17, 15) is 4.79 Å². The van der Waals surface area contributed by atoms with E-state index >= 15 is 0 Å². The minimum atomic E-state index is -0.102. The molecule has 0 saturated carbocycles. The van der Waals surface area contributed by atoms with Crippen LogP contribution in [0, 0.1) is 5.41 Å². The van der Waals surface area contributed by atoms with Crippen molar-refractivity contribution < 1.29 is 4.79 Å². The first kappa shape index (κ1) is 11.6. The van der Waals surface area contributed by atoms with Crippen molar-refractivity contribution in [1.82, 2.24) is 5.32 Å². The highest BCUT2D eigenvalue weighted by Crippen LogP contribution is 2.26. The van der Waals surface area contributed by atoms with Crippen molar-refractivity contribution in [3.8, 4) is 0 Å². The highest BCUT2D eigenvalue weighted by atomic mass is 16.1. The Hall–Kier alpha value is -1.90. The number of allylic oxidation sites excluding steroid dienone is 2. The first-order chi connectivity index (χ1) is 8.00. The number of rotatable bonds is 1. The van der Waals surface area contributed by atoms with Crippen molar-refractivity contribution in [2.45, 2.75) is 27.2 Å². The first-order valence-corrected chi connectivity index (χ1v) is 5.66. The summed E-state index contributed by atoms with van der Waals surface area (Å²) >= 11 is 0. The lowest BCUT2D eigenvalue weighted by atomic mass is 9.90. The Morgan fingerprint density at radius 1 is 1.29 bits per heavy atom. The van der Waals surface area contributed by atoms with Crippen molar-refractivity contribution in [2.75, 3.05) is 0 Å². The van der Waals surface area contributed by atoms with Crippen LogP contribution >= 0.6 is 0 Å². The Morgan fingerprint density at radius 2 is 2.00 bits per heavy atom. The Labute approximate surface area is 101 Å². The minimum Gasteiger partial charge on any atom is -0.310 e. The van der Waals surface area contributed by atoms with Gasteiger partial charge in [-0.2, -0.15) is 0 Å². The molecule has 0 spiro atoms. The van der Waals surface area contributed by atoms with E-state index in [1.165, 1.54) is 11.1 Å². The van der Waals surface area contributed by atoms with Crippen LogP contribution in [0.5, 0.6) is 0 Å². The number of nitrogens with one attached hydrogen (secondary N) is 2. The van der Waals surface area contributed by atoms with Gasteiger partial charge in [-0.15, -0.1) is 0 Å². The summed E-state index contributed by atoms with van der Waals surface area (Å²) in [7, 11) is 0. The molecule has 2 N–H and O–H groups in total. The van der Waals surface area contributed by atoms with E-state index in [1.54, 1.807) is 0 Å². The second-order valence-electron chi connectivity index (χ2n) is 4.56. The average Bonchev–Trinajstić information content (AvgIpc) is 2.26. The van der Waals surface area contributed by atoms with Crippen LogP contribution in [0.3, 0.4) is 0 Å². The molecular formula is C14H16N2O.